The van der Waals surface area contributed by atoms with Crippen molar-refractivity contribution in [3.8, 4) is 0 Å². The number of nitrogens with one attached hydrogen (secondary N) is 1. The molecular weight excluding hydrogens is 270 g/mol. The molecule has 0 aromatic rings. The molecule has 21 heavy (non-hydrogen) atoms. The molecule has 110 valence electrons. The van der Waals surface area contributed by atoms with Crippen LogP contribution < -0.4 is 4.98 Å². The van der Waals surface area contributed by atoms with Crippen molar-refractivity contribution < 1.29 is 0 Å². The first-order valence-electron chi connectivity index (χ1n) is 7.78. The molecule has 1 atom stereocenters. The third-order valence-electron chi connectivity index (χ3n) is 4.20. The van der Waals surface area contributed by atoms with Gasteiger partial charge in [-0.2, -0.15) is 0 Å². The van der Waals surface area contributed by atoms with Crippen LogP contribution in [-0.4, -0.2) is 13.8 Å². The zero-order valence-corrected chi connectivity index (χ0v) is 14.7. The summed E-state index contributed by atoms with van der Waals surface area (Å²) in [7, 11) is -1.66. The quantitative estimate of drug-likeness (QED) is 0.735. The van der Waals surface area contributed by atoms with E-state index < -0.39 is 8.24 Å². The Hall–Kier alpha value is -1.38. The van der Waals surface area contributed by atoms with Crippen LogP contribution >= 0.6 is 0 Å². The molecule has 0 bridgehead atoms. The molecule has 0 spiro atoms. The van der Waals surface area contributed by atoms with Crippen molar-refractivity contribution in [3.63, 3.8) is 0 Å². The van der Waals surface area contributed by atoms with Gasteiger partial charge in [0.15, 0.2) is 8.24 Å². The van der Waals surface area contributed by atoms with Gasteiger partial charge in [0.2, 0.25) is 0 Å². The fourth-order valence-electron chi connectivity index (χ4n) is 3.67. The normalized spacial score (nSPS) is 24.0. The van der Waals surface area contributed by atoms with Gasteiger partial charge in [-0.05, 0) is 42.7 Å². The molecule has 0 aromatic heterocycles. The van der Waals surface area contributed by atoms with Gasteiger partial charge < -0.3 is 4.98 Å². The van der Waals surface area contributed by atoms with Crippen LogP contribution in [0.5, 0.6) is 0 Å². The van der Waals surface area contributed by atoms with Gasteiger partial charge in [-0.1, -0.05) is 61.7 Å². The molecule has 0 fully saturated rings. The highest BCUT2D eigenvalue weighted by molar-refractivity contribution is 6.83. The van der Waals surface area contributed by atoms with E-state index in [1.165, 1.54) is 21.9 Å². The molecule has 1 unspecified atom stereocenters. The summed E-state index contributed by atoms with van der Waals surface area (Å²) < 4.78 is 0. The number of rotatable bonds is 2. The zero-order valence-electron chi connectivity index (χ0n) is 13.7. The van der Waals surface area contributed by atoms with Gasteiger partial charge in [0.25, 0.3) is 0 Å². The topological polar surface area (TPSA) is 12.0 Å². The van der Waals surface area contributed by atoms with Crippen LogP contribution in [0.3, 0.4) is 0 Å². The van der Waals surface area contributed by atoms with Crippen LogP contribution in [-0.2, 0) is 0 Å². The molecule has 1 nitrogen and oxygen atoms in total. The molecular formula is C19H25NSi. The van der Waals surface area contributed by atoms with E-state index in [4.69, 9.17) is 0 Å². The molecule has 0 aliphatic heterocycles. The molecule has 0 aromatic carbocycles. The van der Waals surface area contributed by atoms with Crippen LogP contribution in [0.1, 0.15) is 20.8 Å². The molecule has 0 heterocycles. The fourth-order valence-corrected chi connectivity index (χ4v) is 7.07. The van der Waals surface area contributed by atoms with Crippen LogP contribution in [0.4, 0.5) is 0 Å². The molecule has 1 N–H and O–H groups in total. The minimum absolute atomic E-state index is 0.154. The monoisotopic (exact) mass is 295 g/mol. The lowest BCUT2D eigenvalue weighted by atomic mass is 9.84. The van der Waals surface area contributed by atoms with E-state index in [-0.39, 0.29) is 5.54 Å². The number of hydrogen-bond donors (Lipinski definition) is 1. The van der Waals surface area contributed by atoms with E-state index >= 15 is 0 Å². The summed E-state index contributed by atoms with van der Waals surface area (Å²) in [6, 6.07) is 0. The Morgan fingerprint density at radius 2 is 1.67 bits per heavy atom. The minimum Gasteiger partial charge on any atom is -0.329 e. The highest BCUT2D eigenvalue weighted by atomic mass is 28.3. The van der Waals surface area contributed by atoms with E-state index in [0.29, 0.717) is 5.92 Å². The second-order valence-electron chi connectivity index (χ2n) is 7.66. The summed E-state index contributed by atoms with van der Waals surface area (Å²) in [6.45, 7) is 11.6. The maximum atomic E-state index is 3.88. The highest BCUT2D eigenvalue weighted by Gasteiger charge is 2.35. The van der Waals surface area contributed by atoms with Crippen molar-refractivity contribution >= 4 is 8.24 Å². The van der Waals surface area contributed by atoms with E-state index in [2.05, 4.69) is 87.5 Å². The van der Waals surface area contributed by atoms with Gasteiger partial charge in [-0.25, -0.2) is 0 Å². The summed E-state index contributed by atoms with van der Waals surface area (Å²) in [5.41, 5.74) is 4.47. The molecule has 0 radical (unpaired) electrons. The Bertz CT molecular complexity index is 646. The van der Waals surface area contributed by atoms with Gasteiger partial charge in [-0.15, -0.1) is 0 Å². The van der Waals surface area contributed by atoms with E-state index in [0.717, 1.165) is 0 Å². The summed E-state index contributed by atoms with van der Waals surface area (Å²) >= 11 is 0. The smallest absolute Gasteiger partial charge is 0.152 e. The van der Waals surface area contributed by atoms with E-state index in [9.17, 15) is 0 Å². The summed E-state index contributed by atoms with van der Waals surface area (Å²) in [5, 5.41) is 1.53. The first-order chi connectivity index (χ1) is 9.78. The Labute approximate surface area is 129 Å². The standard InChI is InChI=1S/C19H25NSi/c1-19(2,3)20-21(4,5)18-13-12-16-15-9-7-6-8-14(15)10-11-17(16)18/h6-14,20H,1-5H3. The van der Waals surface area contributed by atoms with Gasteiger partial charge in [0.05, 0.1) is 0 Å². The second kappa shape index (κ2) is 4.82. The van der Waals surface area contributed by atoms with Crippen molar-refractivity contribution in [1.29, 1.82) is 0 Å². The number of hydrogen-bond acceptors (Lipinski definition) is 1. The number of fused-ring (bicyclic) bond motifs is 2. The van der Waals surface area contributed by atoms with Gasteiger partial charge in [0, 0.05) is 11.5 Å². The van der Waals surface area contributed by atoms with E-state index in [1.807, 2.05) is 0 Å². The highest BCUT2D eigenvalue weighted by Crippen LogP contribution is 2.40. The van der Waals surface area contributed by atoms with E-state index in [1.54, 1.807) is 0 Å². The summed E-state index contributed by atoms with van der Waals surface area (Å²) in [4.78, 5) is 3.88. The Kier molecular flexibility index (Phi) is 3.34. The van der Waals surface area contributed by atoms with Crippen molar-refractivity contribution in [1.82, 2.24) is 4.98 Å². The first-order valence-corrected chi connectivity index (χ1v) is 10.8. The SMILES string of the molecule is CC(C)(C)N[Si](C)(C)C1=C2C=CC3C=CC=CC3=C2C=C1. The third kappa shape index (κ3) is 2.70. The molecule has 3 aliphatic rings. The Morgan fingerprint density at radius 1 is 0.905 bits per heavy atom. The maximum absolute atomic E-state index is 3.88. The lowest BCUT2D eigenvalue weighted by Gasteiger charge is -2.35. The number of allylic oxidation sites excluding steroid dienone is 12. The van der Waals surface area contributed by atoms with Gasteiger partial charge in [0.1, 0.15) is 0 Å². The van der Waals surface area contributed by atoms with Crippen LogP contribution in [0.15, 0.2) is 70.5 Å². The average Bonchev–Trinajstić information content (AvgIpc) is 2.80. The summed E-state index contributed by atoms with van der Waals surface area (Å²) in [6.07, 6.45) is 18.2. The van der Waals surface area contributed by atoms with Gasteiger partial charge in [-0.3, -0.25) is 0 Å². The van der Waals surface area contributed by atoms with Crippen molar-refractivity contribution in [3.05, 3.63) is 70.5 Å². The van der Waals surface area contributed by atoms with Crippen molar-refractivity contribution in [2.24, 2.45) is 5.92 Å². The lowest BCUT2D eigenvalue weighted by molar-refractivity contribution is 0.514. The van der Waals surface area contributed by atoms with Gasteiger partial charge >= 0.3 is 0 Å². The van der Waals surface area contributed by atoms with Crippen LogP contribution in [0.25, 0.3) is 0 Å². The average molecular weight is 296 g/mol. The first kappa shape index (κ1) is 14.5. The second-order valence-corrected chi connectivity index (χ2v) is 11.7. The predicted molar refractivity (Wildman–Crippen MR) is 94.5 cm³/mol. The Balaban J connectivity index is 2.03. The molecule has 2 heteroatoms. The molecule has 0 amide bonds. The zero-order chi connectivity index (χ0) is 15.3. The fraction of sp³-hybridized carbons (Fsp3) is 0.368. The molecule has 3 rings (SSSR count). The summed E-state index contributed by atoms with van der Waals surface area (Å²) in [5.74, 6) is 0.457. The van der Waals surface area contributed by atoms with Crippen LogP contribution in [0.2, 0.25) is 13.1 Å². The lowest BCUT2D eigenvalue weighted by Crippen LogP contribution is -2.55. The Morgan fingerprint density at radius 3 is 2.38 bits per heavy atom. The maximum Gasteiger partial charge on any atom is 0.152 e. The minimum atomic E-state index is -1.66. The third-order valence-corrected chi connectivity index (χ3v) is 7.36. The van der Waals surface area contributed by atoms with Crippen molar-refractivity contribution in [2.75, 3.05) is 0 Å². The molecule has 0 saturated carbocycles. The van der Waals surface area contributed by atoms with Crippen molar-refractivity contribution in [2.45, 2.75) is 39.4 Å². The van der Waals surface area contributed by atoms with Crippen LogP contribution in [0, 0.1) is 5.92 Å². The molecule has 3 aliphatic carbocycles. The largest absolute Gasteiger partial charge is 0.329 e. The molecule has 0 saturated heterocycles. The predicted octanol–water partition coefficient (Wildman–Crippen LogP) is 4.59.